The fourth-order valence-corrected chi connectivity index (χ4v) is 9.73. The molecule has 3 fully saturated rings. The average molecular weight is 739 g/mol. The molecular weight excluding hydrogens is 707 g/mol. The number of nitrogens with zero attached hydrogens (tertiary/aromatic N) is 2. The number of benzene rings is 5. The molecule has 10 heteroatoms. The van der Waals surface area contributed by atoms with Crippen molar-refractivity contribution in [1.82, 2.24) is 0 Å². The number of carbonyl (C=O) groups is 5. The number of allylic oxidation sites excluding steroid dienone is 2. The third kappa shape index (κ3) is 4.77. The van der Waals surface area contributed by atoms with E-state index in [1.165, 1.54) is 17.0 Å². The van der Waals surface area contributed by atoms with Crippen LogP contribution in [-0.4, -0.2) is 34.5 Å². The van der Waals surface area contributed by atoms with Gasteiger partial charge in [-0.15, -0.1) is 0 Å². The van der Waals surface area contributed by atoms with Gasteiger partial charge in [0.1, 0.15) is 11.6 Å². The van der Waals surface area contributed by atoms with Gasteiger partial charge >= 0.3 is 0 Å². The normalized spacial score (nSPS) is 26.1. The Balaban J connectivity index is 1.15. The van der Waals surface area contributed by atoms with Gasteiger partial charge in [-0.25, -0.2) is 9.29 Å². The Hall–Kier alpha value is -5.93. The van der Waals surface area contributed by atoms with Crippen molar-refractivity contribution in [3.8, 4) is 5.75 Å². The van der Waals surface area contributed by atoms with Gasteiger partial charge in [0.15, 0.2) is 5.78 Å². The number of halogens is 2. The lowest BCUT2D eigenvalue weighted by molar-refractivity contribution is -0.131. The second-order valence-corrected chi connectivity index (χ2v) is 15.1. The van der Waals surface area contributed by atoms with Crippen LogP contribution in [0.4, 0.5) is 15.8 Å². The molecular formula is C44H32ClFN2O6. The second-order valence-electron chi connectivity index (χ2n) is 14.7. The van der Waals surface area contributed by atoms with Crippen LogP contribution in [0, 0.1) is 34.9 Å². The largest absolute Gasteiger partial charge is 0.508 e. The first-order chi connectivity index (χ1) is 26.0. The van der Waals surface area contributed by atoms with Crippen LogP contribution in [0.2, 0.25) is 5.02 Å². The van der Waals surface area contributed by atoms with E-state index in [0.717, 1.165) is 16.4 Å². The Bertz CT molecular complexity index is 2500. The van der Waals surface area contributed by atoms with Gasteiger partial charge in [-0.3, -0.25) is 28.9 Å². The number of phenolic OH excluding ortho intramolecular Hbond substituents is 1. The lowest BCUT2D eigenvalue weighted by atomic mass is 9.51. The minimum Gasteiger partial charge on any atom is -0.508 e. The Morgan fingerprint density at radius 2 is 1.46 bits per heavy atom. The van der Waals surface area contributed by atoms with E-state index >= 15 is 0 Å². The van der Waals surface area contributed by atoms with E-state index in [2.05, 4.69) is 0 Å². The summed E-state index contributed by atoms with van der Waals surface area (Å²) in [6.07, 6.45) is 2.23. The molecule has 6 atom stereocenters. The number of ketones is 1. The highest BCUT2D eigenvalue weighted by Crippen LogP contribution is 2.65. The quantitative estimate of drug-likeness (QED) is 0.111. The first-order valence-corrected chi connectivity index (χ1v) is 18.2. The summed E-state index contributed by atoms with van der Waals surface area (Å²) in [4.78, 5) is 73.4. The third-order valence-corrected chi connectivity index (χ3v) is 12.4. The topological polar surface area (TPSA) is 112 Å². The lowest BCUT2D eigenvalue weighted by Gasteiger charge is -2.49. The molecule has 2 aliphatic heterocycles. The van der Waals surface area contributed by atoms with E-state index in [1.54, 1.807) is 67.6 Å². The monoisotopic (exact) mass is 738 g/mol. The van der Waals surface area contributed by atoms with Gasteiger partial charge in [0.05, 0.1) is 39.6 Å². The Kier molecular flexibility index (Phi) is 7.73. The van der Waals surface area contributed by atoms with E-state index in [-0.39, 0.29) is 41.0 Å². The second kappa shape index (κ2) is 12.3. The number of amides is 4. The minimum atomic E-state index is -1.43. The van der Waals surface area contributed by atoms with Gasteiger partial charge in [0.2, 0.25) is 23.6 Å². The standard InChI is InChI=1S/C44H32ClFN2O6/c1-44-32(41(52)48(43(44)54)27-16-19-34(46)33(45)21-27)22-31-29(38(44)37-28-10-6-5-7-23(28)13-20-35(37)49)17-18-30-36(31)42(53)47(40(30)51)26-14-11-25(12-15-26)39(50)24-8-3-2-4-9-24/h2-17,19-21,30-32,36,38,49H,18,22H2,1H3/t30-,31+,32-,36-,38+,44+/m0/s1. The number of anilines is 2. The van der Waals surface area contributed by atoms with E-state index in [9.17, 15) is 33.5 Å². The van der Waals surface area contributed by atoms with Crippen molar-refractivity contribution in [3.63, 3.8) is 0 Å². The molecule has 5 aromatic carbocycles. The van der Waals surface area contributed by atoms with E-state index < -0.39 is 58.5 Å². The molecule has 54 heavy (non-hydrogen) atoms. The van der Waals surface area contributed by atoms with Crippen molar-refractivity contribution in [3.05, 3.63) is 148 Å². The van der Waals surface area contributed by atoms with Crippen molar-refractivity contribution in [2.45, 2.75) is 25.7 Å². The van der Waals surface area contributed by atoms with Gasteiger partial charge in [-0.05, 0) is 85.0 Å². The number of hydrogen-bond acceptors (Lipinski definition) is 6. The molecule has 5 aromatic rings. The highest BCUT2D eigenvalue weighted by atomic mass is 35.5. The molecule has 268 valence electrons. The zero-order valence-corrected chi connectivity index (χ0v) is 29.7. The van der Waals surface area contributed by atoms with Crippen LogP contribution in [0.25, 0.3) is 10.8 Å². The summed E-state index contributed by atoms with van der Waals surface area (Å²) in [6, 6.07) is 29.7. The summed E-state index contributed by atoms with van der Waals surface area (Å²) in [5, 5.41) is 12.9. The predicted molar refractivity (Wildman–Crippen MR) is 200 cm³/mol. The van der Waals surface area contributed by atoms with Crippen LogP contribution in [0.3, 0.4) is 0 Å². The Morgan fingerprint density at radius 3 is 2.20 bits per heavy atom. The maximum atomic E-state index is 14.8. The number of aromatic hydroxyl groups is 1. The molecule has 8 nitrogen and oxygen atoms in total. The summed E-state index contributed by atoms with van der Waals surface area (Å²) < 4.78 is 14.3. The molecule has 4 aliphatic rings. The highest BCUT2D eigenvalue weighted by Gasteiger charge is 2.68. The lowest BCUT2D eigenvalue weighted by Crippen LogP contribution is -2.49. The fraction of sp³-hybridized carbons (Fsp3) is 0.205. The highest BCUT2D eigenvalue weighted by molar-refractivity contribution is 6.32. The van der Waals surface area contributed by atoms with Crippen molar-refractivity contribution in [2.24, 2.45) is 29.1 Å². The number of fused-ring (bicyclic) bond motifs is 5. The molecule has 0 spiro atoms. The molecule has 2 saturated heterocycles. The van der Waals surface area contributed by atoms with Crippen LogP contribution in [-0.2, 0) is 19.2 Å². The number of phenols is 1. The van der Waals surface area contributed by atoms with Gasteiger partial charge in [0, 0.05) is 22.6 Å². The molecule has 1 saturated carbocycles. The summed E-state index contributed by atoms with van der Waals surface area (Å²) in [7, 11) is 0. The summed E-state index contributed by atoms with van der Waals surface area (Å²) in [6.45, 7) is 1.73. The number of carbonyl (C=O) groups excluding carboxylic acids is 5. The zero-order valence-electron chi connectivity index (χ0n) is 28.9. The van der Waals surface area contributed by atoms with E-state index in [0.29, 0.717) is 33.3 Å². The third-order valence-electron chi connectivity index (χ3n) is 12.1. The van der Waals surface area contributed by atoms with Crippen molar-refractivity contribution in [2.75, 3.05) is 9.80 Å². The molecule has 1 N–H and O–H groups in total. The Morgan fingerprint density at radius 1 is 0.778 bits per heavy atom. The van der Waals surface area contributed by atoms with Gasteiger partial charge < -0.3 is 5.11 Å². The van der Waals surface area contributed by atoms with Crippen LogP contribution in [0.15, 0.2) is 121 Å². The Labute approximate surface area is 314 Å². The summed E-state index contributed by atoms with van der Waals surface area (Å²) in [5.41, 5.74) is 1.12. The summed E-state index contributed by atoms with van der Waals surface area (Å²) in [5.74, 6) is -6.81. The molecule has 0 aromatic heterocycles. The minimum absolute atomic E-state index is 0.0635. The van der Waals surface area contributed by atoms with Crippen LogP contribution >= 0.6 is 11.6 Å². The molecule has 2 aliphatic carbocycles. The smallest absolute Gasteiger partial charge is 0.241 e. The molecule has 0 unspecified atom stereocenters. The molecule has 2 heterocycles. The first kappa shape index (κ1) is 33.9. The fourth-order valence-electron chi connectivity index (χ4n) is 9.55. The molecule has 0 bridgehead atoms. The average Bonchev–Trinajstić information content (AvgIpc) is 3.55. The van der Waals surface area contributed by atoms with Gasteiger partial charge in [0.25, 0.3) is 0 Å². The number of hydrogen-bond donors (Lipinski definition) is 1. The summed E-state index contributed by atoms with van der Waals surface area (Å²) >= 11 is 6.14. The van der Waals surface area contributed by atoms with E-state index in [1.807, 2.05) is 36.4 Å². The molecule has 0 radical (unpaired) electrons. The predicted octanol–water partition coefficient (Wildman–Crippen LogP) is 8.00. The molecule has 9 rings (SSSR count). The molecule has 4 amide bonds. The van der Waals surface area contributed by atoms with Crippen LogP contribution in [0.1, 0.15) is 47.2 Å². The SMILES string of the molecule is C[C@@]12C(=O)N(c3ccc(F)c(Cl)c3)C(=O)[C@@H]1C[C@@H]1C(=CC[C@@H]3C(=O)N(c4ccc(C(=O)c5ccccc5)cc4)C(=O)[C@@H]31)[C@@H]2c1c(O)ccc2ccccc12. The van der Waals surface area contributed by atoms with Gasteiger partial charge in [-0.2, -0.15) is 0 Å². The van der Waals surface area contributed by atoms with Crippen molar-refractivity contribution >= 4 is 63.2 Å². The zero-order chi connectivity index (χ0) is 37.6. The maximum Gasteiger partial charge on any atom is 0.241 e. The number of rotatable bonds is 5. The van der Waals surface area contributed by atoms with E-state index in [4.69, 9.17) is 11.6 Å². The van der Waals surface area contributed by atoms with Crippen molar-refractivity contribution < 1.29 is 33.5 Å². The van der Waals surface area contributed by atoms with Crippen LogP contribution in [0.5, 0.6) is 5.75 Å². The number of imide groups is 2. The maximum absolute atomic E-state index is 14.8. The first-order valence-electron chi connectivity index (χ1n) is 17.8. The van der Waals surface area contributed by atoms with Crippen LogP contribution < -0.4 is 9.80 Å². The van der Waals surface area contributed by atoms with Crippen molar-refractivity contribution in [1.29, 1.82) is 0 Å². The van der Waals surface area contributed by atoms with Gasteiger partial charge in [-0.1, -0.05) is 83.9 Å².